The fraction of sp³-hybridized carbons (Fsp3) is 0.208. The van der Waals surface area contributed by atoms with Crippen LogP contribution in [0.4, 0.5) is 22.0 Å². The fourth-order valence-electron chi connectivity index (χ4n) is 4.25. The summed E-state index contributed by atoms with van der Waals surface area (Å²) in [5.74, 6) is 1.35. The van der Waals surface area contributed by atoms with Crippen molar-refractivity contribution in [1.29, 1.82) is 0 Å². The quantitative estimate of drug-likeness (QED) is 0.296. The summed E-state index contributed by atoms with van der Waals surface area (Å²) < 4.78 is 1.13. The Kier molecular flexibility index (Phi) is 5.93. The van der Waals surface area contributed by atoms with E-state index in [1.807, 2.05) is 48.7 Å². The minimum atomic E-state index is -0.246. The third-order valence-electron chi connectivity index (χ3n) is 5.77. The second-order valence-electron chi connectivity index (χ2n) is 7.93. The molecule has 1 aliphatic heterocycles. The van der Waals surface area contributed by atoms with Gasteiger partial charge in [0.05, 0.1) is 5.39 Å². The Morgan fingerprint density at radius 2 is 1.91 bits per heavy atom. The SMILES string of the molecule is O=C(Nc1ccc(I)cc1)Nc1cccc(C2CCCN(c3ncnc4[nH]ccc34)C2)c1. The molecular formula is C24H23IN6O. The molecule has 1 atom stereocenters. The van der Waals surface area contributed by atoms with Crippen molar-refractivity contribution in [3.05, 3.63) is 76.3 Å². The first-order chi connectivity index (χ1) is 15.7. The van der Waals surface area contributed by atoms with Crippen LogP contribution in [0.3, 0.4) is 0 Å². The molecule has 162 valence electrons. The van der Waals surface area contributed by atoms with Crippen LogP contribution in [-0.4, -0.2) is 34.1 Å². The number of aromatic amines is 1. The van der Waals surface area contributed by atoms with E-state index in [0.717, 1.165) is 57.7 Å². The van der Waals surface area contributed by atoms with Crippen molar-refractivity contribution >= 4 is 56.8 Å². The van der Waals surface area contributed by atoms with Gasteiger partial charge in [-0.25, -0.2) is 14.8 Å². The van der Waals surface area contributed by atoms with Gasteiger partial charge in [0.25, 0.3) is 0 Å². The number of anilines is 3. The highest BCUT2D eigenvalue weighted by Crippen LogP contribution is 2.32. The first kappa shape index (κ1) is 20.7. The average Bonchev–Trinajstić information content (AvgIpc) is 3.30. The van der Waals surface area contributed by atoms with Gasteiger partial charge in [-0.1, -0.05) is 12.1 Å². The van der Waals surface area contributed by atoms with Gasteiger partial charge in [-0.3, -0.25) is 0 Å². The summed E-state index contributed by atoms with van der Waals surface area (Å²) in [7, 11) is 0. The Bertz CT molecular complexity index is 1240. The minimum absolute atomic E-state index is 0.246. The predicted octanol–water partition coefficient (Wildman–Crippen LogP) is 5.59. The van der Waals surface area contributed by atoms with Crippen LogP contribution in [-0.2, 0) is 0 Å². The van der Waals surface area contributed by atoms with E-state index >= 15 is 0 Å². The lowest BCUT2D eigenvalue weighted by Gasteiger charge is -2.34. The molecular weight excluding hydrogens is 515 g/mol. The van der Waals surface area contributed by atoms with E-state index in [0.29, 0.717) is 5.92 Å². The number of fused-ring (bicyclic) bond motifs is 1. The van der Waals surface area contributed by atoms with Crippen LogP contribution in [0.2, 0.25) is 0 Å². The van der Waals surface area contributed by atoms with Crippen LogP contribution >= 0.6 is 22.6 Å². The molecule has 7 nitrogen and oxygen atoms in total. The number of nitrogens with one attached hydrogen (secondary N) is 3. The van der Waals surface area contributed by atoms with Gasteiger partial charge in [0.2, 0.25) is 0 Å². The van der Waals surface area contributed by atoms with E-state index in [-0.39, 0.29) is 6.03 Å². The minimum Gasteiger partial charge on any atom is -0.355 e. The standard InChI is InChI=1S/C24H23IN6O/c25-18-6-8-19(9-7-18)29-24(32)30-20-5-1-3-16(13-20)17-4-2-12-31(14-17)23-21-10-11-26-22(21)27-15-28-23/h1,3,5-11,13,15,17H,2,4,12,14H2,(H,26,27,28)(H2,29,30,32). The van der Waals surface area contributed by atoms with Crippen molar-refractivity contribution in [3.63, 3.8) is 0 Å². The number of H-pyrrole nitrogens is 1. The summed E-state index contributed by atoms with van der Waals surface area (Å²) in [6.07, 6.45) is 5.72. The molecule has 2 amide bonds. The number of hydrogen-bond donors (Lipinski definition) is 3. The predicted molar refractivity (Wildman–Crippen MR) is 136 cm³/mol. The van der Waals surface area contributed by atoms with Gasteiger partial charge in [0.1, 0.15) is 17.8 Å². The van der Waals surface area contributed by atoms with Crippen molar-refractivity contribution in [2.24, 2.45) is 0 Å². The van der Waals surface area contributed by atoms with Gasteiger partial charge in [-0.05, 0) is 83.5 Å². The summed E-state index contributed by atoms with van der Waals surface area (Å²) in [6.45, 7) is 1.86. The molecule has 3 N–H and O–H groups in total. The summed E-state index contributed by atoms with van der Waals surface area (Å²) in [4.78, 5) is 26.8. The molecule has 0 aliphatic carbocycles. The first-order valence-corrected chi connectivity index (χ1v) is 11.7. The number of piperidine rings is 1. The summed E-state index contributed by atoms with van der Waals surface area (Å²) in [6, 6.07) is 17.6. The molecule has 0 spiro atoms. The average molecular weight is 538 g/mol. The monoisotopic (exact) mass is 538 g/mol. The van der Waals surface area contributed by atoms with Crippen molar-refractivity contribution in [2.75, 3.05) is 28.6 Å². The lowest BCUT2D eigenvalue weighted by atomic mass is 9.90. The second-order valence-corrected chi connectivity index (χ2v) is 9.18. The van der Waals surface area contributed by atoms with E-state index in [1.54, 1.807) is 6.33 Å². The summed E-state index contributed by atoms with van der Waals surface area (Å²) in [5, 5.41) is 6.89. The van der Waals surface area contributed by atoms with Gasteiger partial charge in [0, 0.05) is 40.1 Å². The zero-order chi connectivity index (χ0) is 21.9. The second kappa shape index (κ2) is 9.15. The van der Waals surface area contributed by atoms with Crippen LogP contribution in [0, 0.1) is 3.57 Å². The van der Waals surface area contributed by atoms with Crippen molar-refractivity contribution < 1.29 is 4.79 Å². The highest BCUT2D eigenvalue weighted by molar-refractivity contribution is 14.1. The van der Waals surface area contributed by atoms with Crippen molar-refractivity contribution in [1.82, 2.24) is 15.0 Å². The molecule has 2 aromatic heterocycles. The van der Waals surface area contributed by atoms with Crippen LogP contribution in [0.5, 0.6) is 0 Å². The van der Waals surface area contributed by atoms with Gasteiger partial charge < -0.3 is 20.5 Å². The van der Waals surface area contributed by atoms with Gasteiger partial charge >= 0.3 is 6.03 Å². The molecule has 4 aromatic rings. The van der Waals surface area contributed by atoms with Crippen LogP contribution in [0.15, 0.2) is 67.1 Å². The normalized spacial score (nSPS) is 16.2. The Morgan fingerprint density at radius 1 is 1.06 bits per heavy atom. The number of carbonyl (C=O) groups excluding carboxylic acids is 1. The van der Waals surface area contributed by atoms with E-state index in [9.17, 15) is 4.79 Å². The number of carbonyl (C=O) groups is 1. The third kappa shape index (κ3) is 4.55. The van der Waals surface area contributed by atoms with Crippen molar-refractivity contribution in [3.8, 4) is 0 Å². The number of urea groups is 1. The molecule has 1 fully saturated rings. The third-order valence-corrected chi connectivity index (χ3v) is 6.49. The zero-order valence-electron chi connectivity index (χ0n) is 17.4. The molecule has 1 unspecified atom stereocenters. The number of halogens is 1. The largest absolute Gasteiger partial charge is 0.355 e. The first-order valence-electron chi connectivity index (χ1n) is 10.6. The van der Waals surface area contributed by atoms with E-state index < -0.39 is 0 Å². The highest BCUT2D eigenvalue weighted by atomic mass is 127. The molecule has 0 saturated carbocycles. The highest BCUT2D eigenvalue weighted by Gasteiger charge is 2.24. The molecule has 5 rings (SSSR count). The van der Waals surface area contributed by atoms with Crippen molar-refractivity contribution in [2.45, 2.75) is 18.8 Å². The Hall–Kier alpha value is -3.14. The number of rotatable bonds is 4. The Balaban J connectivity index is 1.29. The molecule has 0 radical (unpaired) electrons. The lowest BCUT2D eigenvalue weighted by molar-refractivity contribution is 0.262. The topological polar surface area (TPSA) is 85.9 Å². The Labute approximate surface area is 199 Å². The fourth-order valence-corrected chi connectivity index (χ4v) is 4.61. The van der Waals surface area contributed by atoms with Crippen LogP contribution in [0.25, 0.3) is 11.0 Å². The Morgan fingerprint density at radius 3 is 2.78 bits per heavy atom. The molecule has 0 bridgehead atoms. The van der Waals surface area contributed by atoms with Crippen LogP contribution < -0.4 is 15.5 Å². The van der Waals surface area contributed by atoms with Crippen LogP contribution in [0.1, 0.15) is 24.3 Å². The van der Waals surface area contributed by atoms with Gasteiger partial charge in [-0.15, -0.1) is 0 Å². The molecule has 3 heterocycles. The maximum atomic E-state index is 12.4. The lowest BCUT2D eigenvalue weighted by Crippen LogP contribution is -2.35. The number of benzene rings is 2. The number of hydrogen-bond acceptors (Lipinski definition) is 4. The van der Waals surface area contributed by atoms with E-state index in [2.05, 4.69) is 65.2 Å². The molecule has 2 aromatic carbocycles. The summed E-state index contributed by atoms with van der Waals surface area (Å²) >= 11 is 2.24. The number of aromatic nitrogens is 3. The maximum Gasteiger partial charge on any atom is 0.323 e. The van der Waals surface area contributed by atoms with Gasteiger partial charge in [0.15, 0.2) is 0 Å². The van der Waals surface area contributed by atoms with Gasteiger partial charge in [-0.2, -0.15) is 0 Å². The number of amides is 2. The molecule has 32 heavy (non-hydrogen) atoms. The smallest absolute Gasteiger partial charge is 0.323 e. The molecule has 1 saturated heterocycles. The number of nitrogens with zero attached hydrogens (tertiary/aromatic N) is 3. The molecule has 8 heteroatoms. The van der Waals surface area contributed by atoms with E-state index in [1.165, 1.54) is 5.56 Å². The molecule has 1 aliphatic rings. The zero-order valence-corrected chi connectivity index (χ0v) is 19.5. The summed E-state index contributed by atoms with van der Waals surface area (Å²) in [5.41, 5.74) is 3.64. The van der Waals surface area contributed by atoms with E-state index in [4.69, 9.17) is 0 Å². The maximum absolute atomic E-state index is 12.4.